The number of ether oxygens (including phenoxy) is 1. The zero-order valence-electron chi connectivity index (χ0n) is 17.7. The summed E-state index contributed by atoms with van der Waals surface area (Å²) in [5, 5.41) is 11.2. The summed E-state index contributed by atoms with van der Waals surface area (Å²) in [7, 11) is 0. The molecule has 1 aromatic heterocycles. The maximum absolute atomic E-state index is 13.1. The molecule has 162 valence electrons. The van der Waals surface area contributed by atoms with Crippen molar-refractivity contribution in [1.29, 1.82) is 0 Å². The zero-order chi connectivity index (χ0) is 22.2. The summed E-state index contributed by atoms with van der Waals surface area (Å²) in [5.74, 6) is -0.324. The molecule has 0 bridgehead atoms. The first-order valence-corrected chi connectivity index (χ1v) is 10.7. The lowest BCUT2D eigenvalue weighted by Gasteiger charge is -2.23. The summed E-state index contributed by atoms with van der Waals surface area (Å²) in [4.78, 5) is 27.5. The van der Waals surface area contributed by atoms with Gasteiger partial charge >= 0.3 is 0 Å². The van der Waals surface area contributed by atoms with E-state index in [0.29, 0.717) is 24.3 Å². The van der Waals surface area contributed by atoms with E-state index in [2.05, 4.69) is 0 Å². The third-order valence-corrected chi connectivity index (χ3v) is 6.01. The Morgan fingerprint density at radius 2 is 1.91 bits per heavy atom. The highest BCUT2D eigenvalue weighted by Crippen LogP contribution is 2.40. The second-order valence-corrected chi connectivity index (χ2v) is 8.20. The highest BCUT2D eigenvalue weighted by Gasteiger charge is 2.47. The molecule has 0 unspecified atom stereocenters. The van der Waals surface area contributed by atoms with Gasteiger partial charge in [0.15, 0.2) is 0 Å². The SMILES string of the molecule is C[C@H]1Cc2cc(/C(O)=C3\C(=O)C(=O)N(CCc4ccccc4)[C@@H]3c3ccco3)ccc2O1. The third kappa shape index (κ3) is 3.47. The Labute approximate surface area is 185 Å². The van der Waals surface area contributed by atoms with Gasteiger partial charge in [0.05, 0.1) is 11.8 Å². The Morgan fingerprint density at radius 1 is 1.09 bits per heavy atom. The largest absolute Gasteiger partial charge is 0.507 e. The van der Waals surface area contributed by atoms with Crippen molar-refractivity contribution in [3.63, 3.8) is 0 Å². The molecule has 1 N–H and O–H groups in total. The van der Waals surface area contributed by atoms with E-state index < -0.39 is 17.7 Å². The van der Waals surface area contributed by atoms with Gasteiger partial charge in [-0.1, -0.05) is 30.3 Å². The quantitative estimate of drug-likeness (QED) is 0.372. The molecule has 5 rings (SSSR count). The van der Waals surface area contributed by atoms with E-state index in [9.17, 15) is 14.7 Å². The Kier molecular flexibility index (Phi) is 5.05. The topological polar surface area (TPSA) is 80.0 Å². The van der Waals surface area contributed by atoms with Crippen molar-refractivity contribution < 1.29 is 23.8 Å². The van der Waals surface area contributed by atoms with E-state index in [1.54, 1.807) is 24.3 Å². The fraction of sp³-hybridized carbons (Fsp3) is 0.231. The number of hydrogen-bond donors (Lipinski definition) is 1. The number of furan rings is 1. The molecule has 3 aromatic rings. The Hall–Kier alpha value is -3.80. The van der Waals surface area contributed by atoms with Crippen LogP contribution in [0.1, 0.15) is 35.4 Å². The molecule has 0 spiro atoms. The van der Waals surface area contributed by atoms with Gasteiger partial charge in [-0.3, -0.25) is 9.59 Å². The first-order chi connectivity index (χ1) is 15.5. The van der Waals surface area contributed by atoms with Crippen LogP contribution < -0.4 is 4.74 Å². The molecule has 2 aliphatic rings. The zero-order valence-corrected chi connectivity index (χ0v) is 17.7. The second kappa shape index (κ2) is 8.04. The second-order valence-electron chi connectivity index (χ2n) is 8.20. The standard InChI is InChI=1S/C26H23NO5/c1-16-14-19-15-18(9-10-20(19)32-16)24(28)22-23(21-8-5-13-31-21)27(26(30)25(22)29)12-11-17-6-3-2-4-7-17/h2-10,13,15-16,23,28H,11-12,14H2,1H3/b24-22+/t16-,23+/m0/s1. The van der Waals surface area contributed by atoms with Crippen molar-refractivity contribution in [2.45, 2.75) is 31.9 Å². The minimum atomic E-state index is -0.780. The number of carbonyl (C=O) groups excluding carboxylic acids is 2. The van der Waals surface area contributed by atoms with Crippen LogP contribution in [0.3, 0.4) is 0 Å². The van der Waals surface area contributed by atoms with Gasteiger partial charge in [-0.25, -0.2) is 0 Å². The van der Waals surface area contributed by atoms with Crippen molar-refractivity contribution in [3.05, 3.63) is 95.0 Å². The van der Waals surface area contributed by atoms with Gasteiger partial charge < -0.3 is 19.2 Å². The molecule has 1 amide bonds. The highest BCUT2D eigenvalue weighted by atomic mass is 16.5. The molecule has 0 aliphatic carbocycles. The van der Waals surface area contributed by atoms with E-state index >= 15 is 0 Å². The number of amides is 1. The van der Waals surface area contributed by atoms with Gasteiger partial charge in [0.2, 0.25) is 0 Å². The van der Waals surface area contributed by atoms with Crippen LogP contribution >= 0.6 is 0 Å². The Balaban J connectivity index is 1.54. The number of aliphatic hydroxyl groups excluding tert-OH is 1. The minimum Gasteiger partial charge on any atom is -0.507 e. The van der Waals surface area contributed by atoms with E-state index in [0.717, 1.165) is 23.3 Å². The van der Waals surface area contributed by atoms with Crippen molar-refractivity contribution in [1.82, 2.24) is 4.90 Å². The average Bonchev–Trinajstić information content (AvgIpc) is 3.51. The number of aliphatic hydroxyl groups is 1. The Bertz CT molecular complexity index is 1200. The Morgan fingerprint density at radius 3 is 2.66 bits per heavy atom. The molecular weight excluding hydrogens is 406 g/mol. The maximum Gasteiger partial charge on any atom is 0.295 e. The monoisotopic (exact) mass is 429 g/mol. The molecule has 1 fully saturated rings. The van der Waals surface area contributed by atoms with Gasteiger partial charge in [0.1, 0.15) is 29.4 Å². The van der Waals surface area contributed by atoms with E-state index in [-0.39, 0.29) is 17.4 Å². The summed E-state index contributed by atoms with van der Waals surface area (Å²) in [6.07, 6.45) is 2.87. The molecule has 32 heavy (non-hydrogen) atoms. The highest BCUT2D eigenvalue weighted by molar-refractivity contribution is 6.46. The van der Waals surface area contributed by atoms with E-state index in [1.807, 2.05) is 43.3 Å². The number of ketones is 1. The first kappa shape index (κ1) is 20.1. The molecule has 0 saturated carbocycles. The number of hydrogen-bond acceptors (Lipinski definition) is 5. The summed E-state index contributed by atoms with van der Waals surface area (Å²) in [5.41, 5.74) is 2.55. The lowest BCUT2D eigenvalue weighted by molar-refractivity contribution is -0.140. The van der Waals surface area contributed by atoms with Gasteiger partial charge in [0.25, 0.3) is 11.7 Å². The third-order valence-electron chi connectivity index (χ3n) is 6.01. The number of benzene rings is 2. The lowest BCUT2D eigenvalue weighted by atomic mass is 9.97. The fourth-order valence-corrected chi connectivity index (χ4v) is 4.47. The first-order valence-electron chi connectivity index (χ1n) is 10.7. The molecule has 2 aliphatic heterocycles. The van der Waals surface area contributed by atoms with Crippen LogP contribution in [0.15, 0.2) is 76.9 Å². The number of carbonyl (C=O) groups is 2. The van der Waals surface area contributed by atoms with Gasteiger partial charge in [0, 0.05) is 18.5 Å². The van der Waals surface area contributed by atoms with Crippen molar-refractivity contribution in [3.8, 4) is 5.75 Å². The molecule has 0 radical (unpaired) electrons. The fourth-order valence-electron chi connectivity index (χ4n) is 4.47. The minimum absolute atomic E-state index is 0.0462. The van der Waals surface area contributed by atoms with Crippen molar-refractivity contribution >= 4 is 17.4 Å². The predicted molar refractivity (Wildman–Crippen MR) is 118 cm³/mol. The van der Waals surface area contributed by atoms with E-state index in [1.165, 1.54) is 11.2 Å². The van der Waals surface area contributed by atoms with Gasteiger partial charge in [-0.2, -0.15) is 0 Å². The normalized spacial score (nSPS) is 21.6. The van der Waals surface area contributed by atoms with E-state index in [4.69, 9.17) is 9.15 Å². The van der Waals surface area contributed by atoms with Crippen LogP contribution in [-0.2, 0) is 22.4 Å². The van der Waals surface area contributed by atoms with Crippen LogP contribution in [0.2, 0.25) is 0 Å². The number of rotatable bonds is 5. The summed E-state index contributed by atoms with van der Waals surface area (Å²) >= 11 is 0. The molecule has 6 heteroatoms. The smallest absolute Gasteiger partial charge is 0.295 e. The summed E-state index contributed by atoms with van der Waals surface area (Å²) in [6.45, 7) is 2.31. The van der Waals surface area contributed by atoms with Gasteiger partial charge in [-0.05, 0) is 54.8 Å². The molecule has 3 heterocycles. The predicted octanol–water partition coefficient (Wildman–Crippen LogP) is 4.27. The average molecular weight is 429 g/mol. The van der Waals surface area contributed by atoms with Gasteiger partial charge in [-0.15, -0.1) is 0 Å². The molecule has 2 atom stereocenters. The molecule has 1 saturated heterocycles. The van der Waals surface area contributed by atoms with Crippen LogP contribution in [-0.4, -0.2) is 34.3 Å². The summed E-state index contributed by atoms with van der Waals surface area (Å²) < 4.78 is 11.3. The van der Waals surface area contributed by atoms with Crippen LogP contribution in [0.4, 0.5) is 0 Å². The molecule has 2 aromatic carbocycles. The van der Waals surface area contributed by atoms with Crippen molar-refractivity contribution in [2.24, 2.45) is 0 Å². The number of fused-ring (bicyclic) bond motifs is 1. The van der Waals surface area contributed by atoms with Crippen LogP contribution in [0, 0.1) is 0 Å². The number of likely N-dealkylation sites (tertiary alicyclic amines) is 1. The molecular formula is C26H23NO5. The number of Topliss-reactive ketones (excluding diaryl/α,β-unsaturated/α-hetero) is 1. The van der Waals surface area contributed by atoms with Crippen LogP contribution in [0.5, 0.6) is 5.75 Å². The number of nitrogens with zero attached hydrogens (tertiary/aromatic N) is 1. The van der Waals surface area contributed by atoms with Crippen LogP contribution in [0.25, 0.3) is 5.76 Å². The van der Waals surface area contributed by atoms with Crippen molar-refractivity contribution in [2.75, 3.05) is 6.54 Å². The lowest BCUT2D eigenvalue weighted by Crippen LogP contribution is -2.31. The summed E-state index contributed by atoms with van der Waals surface area (Å²) in [6, 6.07) is 17.7. The maximum atomic E-state index is 13.1. The molecule has 6 nitrogen and oxygen atoms in total.